The maximum Gasteiger partial charge on any atom is 0.412 e. The van der Waals surface area contributed by atoms with Crippen LogP contribution < -0.4 is 10.1 Å². The molecule has 0 radical (unpaired) electrons. The molecule has 0 bridgehead atoms. The summed E-state index contributed by atoms with van der Waals surface area (Å²) in [4.78, 5) is 19.3. The lowest BCUT2D eigenvalue weighted by atomic mass is 9.90. The van der Waals surface area contributed by atoms with E-state index in [-0.39, 0.29) is 51.0 Å². The molecule has 4 heterocycles. The van der Waals surface area contributed by atoms with Crippen LogP contribution in [0.1, 0.15) is 50.3 Å². The Kier molecular flexibility index (Phi) is 7.25. The Morgan fingerprint density at radius 3 is 2.74 bits per heavy atom. The predicted octanol–water partition coefficient (Wildman–Crippen LogP) is 7.12. The monoisotopic (exact) mass is 592 g/mol. The smallest absolute Gasteiger partial charge is 0.412 e. The molecule has 42 heavy (non-hydrogen) atoms. The lowest BCUT2D eigenvalue weighted by Crippen LogP contribution is -2.30. The van der Waals surface area contributed by atoms with Crippen LogP contribution in [0.25, 0.3) is 32.1 Å². The molecule has 1 N–H and O–H groups in total. The molecule has 11 heteroatoms. The average molecular weight is 593 g/mol. The van der Waals surface area contributed by atoms with Gasteiger partial charge in [-0.25, -0.2) is 18.6 Å². The Bertz CT molecular complexity index is 1780. The second-order valence-corrected chi connectivity index (χ2v) is 12.6. The van der Waals surface area contributed by atoms with Crippen LogP contribution in [0.4, 0.5) is 18.6 Å². The van der Waals surface area contributed by atoms with E-state index in [1.54, 1.807) is 32.9 Å². The molecule has 1 atom stereocenters. The van der Waals surface area contributed by atoms with Crippen molar-refractivity contribution in [3.8, 4) is 23.1 Å². The van der Waals surface area contributed by atoms with Crippen molar-refractivity contribution in [3.63, 3.8) is 0 Å². The number of hydrogen-bond donors (Lipinski definition) is 1. The van der Waals surface area contributed by atoms with Crippen molar-refractivity contribution in [1.29, 1.82) is 5.26 Å². The van der Waals surface area contributed by atoms with Crippen molar-refractivity contribution >= 4 is 43.4 Å². The van der Waals surface area contributed by atoms with Gasteiger partial charge >= 0.3 is 6.09 Å². The molecule has 218 valence electrons. The minimum atomic E-state index is -0.779. The second kappa shape index (κ2) is 10.8. The van der Waals surface area contributed by atoms with Crippen LogP contribution in [0.3, 0.4) is 0 Å². The van der Waals surface area contributed by atoms with Gasteiger partial charge in [-0.05, 0) is 76.0 Å². The molecule has 4 aromatic rings. The summed E-state index contributed by atoms with van der Waals surface area (Å²) in [6.45, 7) is 7.01. The van der Waals surface area contributed by atoms with Gasteiger partial charge in [0.2, 0.25) is 5.88 Å². The van der Waals surface area contributed by atoms with Crippen molar-refractivity contribution in [2.75, 3.05) is 25.5 Å². The number of aromatic nitrogens is 1. The lowest BCUT2D eigenvalue weighted by Gasteiger charge is -2.20. The first-order chi connectivity index (χ1) is 20.1. The zero-order valence-corrected chi connectivity index (χ0v) is 24.6. The first kappa shape index (κ1) is 28.3. The highest BCUT2D eigenvalue weighted by Gasteiger charge is 2.30. The Balaban J connectivity index is 1.49. The van der Waals surface area contributed by atoms with Crippen molar-refractivity contribution in [2.24, 2.45) is 0 Å². The highest BCUT2D eigenvalue weighted by molar-refractivity contribution is 7.23. The number of amides is 1. The van der Waals surface area contributed by atoms with Gasteiger partial charge in [-0.3, -0.25) is 5.32 Å². The summed E-state index contributed by atoms with van der Waals surface area (Å²) < 4.78 is 49.0. The third-order valence-corrected chi connectivity index (χ3v) is 8.78. The van der Waals surface area contributed by atoms with E-state index in [9.17, 15) is 10.1 Å². The first-order valence-corrected chi connectivity index (χ1v) is 14.6. The Morgan fingerprint density at radius 1 is 1.24 bits per heavy atom. The normalized spacial score (nSPS) is 17.0. The number of nitrogens with zero attached hydrogens (tertiary/aromatic N) is 3. The highest BCUT2D eigenvalue weighted by Crippen LogP contribution is 2.47. The summed E-state index contributed by atoms with van der Waals surface area (Å²) >= 11 is 0.899. The molecule has 1 saturated heterocycles. The molecule has 0 saturated carbocycles. The van der Waals surface area contributed by atoms with Crippen molar-refractivity contribution < 1.29 is 27.8 Å². The molecular weight excluding hydrogens is 562 g/mol. The average Bonchev–Trinajstić information content (AvgIpc) is 3.66. The van der Waals surface area contributed by atoms with E-state index in [1.807, 2.05) is 0 Å². The Morgan fingerprint density at radius 2 is 2.02 bits per heavy atom. The predicted molar refractivity (Wildman–Crippen MR) is 157 cm³/mol. The topological polar surface area (TPSA) is 96.7 Å². The van der Waals surface area contributed by atoms with Crippen LogP contribution in [-0.4, -0.2) is 47.8 Å². The van der Waals surface area contributed by atoms with Crippen LogP contribution >= 0.6 is 11.3 Å². The summed E-state index contributed by atoms with van der Waals surface area (Å²) in [7, 11) is 2.06. The lowest BCUT2D eigenvalue weighted by molar-refractivity contribution is 0.0636. The number of hydrogen-bond acceptors (Lipinski definition) is 8. The summed E-state index contributed by atoms with van der Waals surface area (Å²) in [5, 5.41) is 13.7. The molecule has 2 aromatic carbocycles. The fraction of sp³-hybridized carbons (Fsp3) is 0.387. The molecule has 2 aliphatic heterocycles. The molecule has 2 aliphatic rings. The second-order valence-electron chi connectivity index (χ2n) is 11.6. The molecular formula is C31H30F2N4O4S. The fourth-order valence-electron chi connectivity index (χ4n) is 5.70. The molecule has 2 aromatic heterocycles. The van der Waals surface area contributed by atoms with Crippen LogP contribution in [0.5, 0.6) is 5.88 Å². The Hall–Kier alpha value is -3.85. The number of carbonyl (C=O) groups is 1. The summed E-state index contributed by atoms with van der Waals surface area (Å²) in [5.74, 6) is -0.887. The molecule has 0 spiro atoms. The number of pyridine rings is 1. The van der Waals surface area contributed by atoms with Gasteiger partial charge in [0, 0.05) is 28.4 Å². The van der Waals surface area contributed by atoms with Crippen molar-refractivity contribution in [3.05, 3.63) is 52.6 Å². The summed E-state index contributed by atoms with van der Waals surface area (Å²) in [5.41, 5.74) is 1.28. The number of ether oxygens (including phenoxy) is 3. The first-order valence-electron chi connectivity index (χ1n) is 13.8. The van der Waals surface area contributed by atoms with Crippen LogP contribution in [0, 0.1) is 23.0 Å². The molecule has 8 nitrogen and oxygen atoms in total. The maximum absolute atomic E-state index is 16.6. The number of benzene rings is 2. The molecule has 1 fully saturated rings. The SMILES string of the molecule is CN1CCC[C@H]1COc1ccc2c3c(c(-c4ccc(F)c5sc(NC(=O)OC(C)(C)C)c(C#N)c45)c(F)c2n1)COC3. The largest absolute Gasteiger partial charge is 0.476 e. The van der Waals surface area contributed by atoms with Crippen molar-refractivity contribution in [1.82, 2.24) is 9.88 Å². The van der Waals surface area contributed by atoms with E-state index in [2.05, 4.69) is 28.3 Å². The van der Waals surface area contributed by atoms with Gasteiger partial charge in [0.15, 0.2) is 5.82 Å². The zero-order valence-electron chi connectivity index (χ0n) is 23.8. The van der Waals surface area contributed by atoms with Gasteiger partial charge in [0.05, 0.1) is 23.5 Å². The Labute approximate surface area is 245 Å². The third-order valence-electron chi connectivity index (χ3n) is 7.66. The van der Waals surface area contributed by atoms with Gasteiger partial charge in [0.25, 0.3) is 0 Å². The van der Waals surface area contributed by atoms with E-state index >= 15 is 8.78 Å². The van der Waals surface area contributed by atoms with Crippen LogP contribution in [-0.2, 0) is 22.7 Å². The number of thiophene rings is 1. The minimum absolute atomic E-state index is 0.0215. The number of halogens is 2. The van der Waals surface area contributed by atoms with Crippen molar-refractivity contribution in [2.45, 2.75) is 58.5 Å². The number of anilines is 1. The molecule has 6 rings (SSSR count). The van der Waals surface area contributed by atoms with Gasteiger partial charge in [-0.2, -0.15) is 5.26 Å². The number of nitrogens with one attached hydrogen (secondary N) is 1. The van der Waals surface area contributed by atoms with Crippen LogP contribution in [0.2, 0.25) is 0 Å². The van der Waals surface area contributed by atoms with Gasteiger partial charge < -0.3 is 19.1 Å². The van der Waals surface area contributed by atoms with E-state index < -0.39 is 23.3 Å². The van der Waals surface area contributed by atoms with E-state index in [0.717, 1.165) is 36.3 Å². The number of carbonyl (C=O) groups excluding carboxylic acids is 1. The molecule has 0 aliphatic carbocycles. The summed E-state index contributed by atoms with van der Waals surface area (Å²) in [6.07, 6.45) is 1.36. The number of nitriles is 1. The number of likely N-dealkylation sites (tertiary alicyclic amines) is 1. The number of likely N-dealkylation sites (N-methyl/N-ethyl adjacent to an activating group) is 1. The maximum atomic E-state index is 16.6. The van der Waals surface area contributed by atoms with E-state index in [0.29, 0.717) is 29.0 Å². The quantitative estimate of drug-likeness (QED) is 0.264. The summed E-state index contributed by atoms with van der Waals surface area (Å²) in [6, 6.07) is 8.60. The molecule has 0 unspecified atom stereocenters. The van der Waals surface area contributed by atoms with Gasteiger partial charge in [-0.1, -0.05) is 6.07 Å². The standard InChI is InChI=1S/C31H30F2N4O4S/c1-31(2,3)41-30(38)36-29-19(12-34)25-18(7-9-22(32)28(25)42-29)24-21-15-39-14-20(21)17-8-10-23(35-27(17)26(24)33)40-13-16-6-5-11-37(16)4/h7-10,16H,5-6,11,13-15H2,1-4H3,(H,36,38)/t16-/m0/s1. The number of rotatable bonds is 5. The number of fused-ring (bicyclic) bond motifs is 4. The minimum Gasteiger partial charge on any atom is -0.476 e. The fourth-order valence-corrected chi connectivity index (χ4v) is 6.77. The van der Waals surface area contributed by atoms with E-state index in [1.165, 1.54) is 12.1 Å². The van der Waals surface area contributed by atoms with Gasteiger partial charge in [0.1, 0.15) is 34.6 Å². The molecule has 1 amide bonds. The van der Waals surface area contributed by atoms with Gasteiger partial charge in [-0.15, -0.1) is 11.3 Å². The third kappa shape index (κ3) is 5.04. The van der Waals surface area contributed by atoms with Crippen LogP contribution in [0.15, 0.2) is 24.3 Å². The van der Waals surface area contributed by atoms with E-state index in [4.69, 9.17) is 14.2 Å². The zero-order chi connectivity index (χ0) is 29.8. The highest BCUT2D eigenvalue weighted by atomic mass is 32.1.